The largest absolute Gasteiger partial charge is 0.496 e. The molecule has 0 aliphatic carbocycles. The van der Waals surface area contributed by atoms with Gasteiger partial charge in [-0.1, -0.05) is 45.8 Å². The molecule has 0 heterocycles. The molecule has 0 fully saturated rings. The van der Waals surface area contributed by atoms with Gasteiger partial charge in [0.05, 0.1) is 7.11 Å². The topological polar surface area (TPSA) is 26.3 Å². The molecule has 0 amide bonds. The lowest BCUT2D eigenvalue weighted by molar-refractivity contribution is 0.0991. The number of ether oxygens (including phenoxy) is 1. The van der Waals surface area contributed by atoms with E-state index in [-0.39, 0.29) is 5.78 Å². The van der Waals surface area contributed by atoms with Crippen LogP contribution in [0.2, 0.25) is 0 Å². The fourth-order valence-corrected chi connectivity index (χ4v) is 2.44. The molecular weight excluding hydrogens is 304 g/mol. The average molecular weight is 319 g/mol. The molecule has 3 heteroatoms. The molecule has 0 aromatic heterocycles. The molecule has 0 radical (unpaired) electrons. The number of benzene rings is 2. The Morgan fingerprint density at radius 2 is 1.95 bits per heavy atom. The number of aryl methyl sites for hydroxylation is 1. The molecule has 98 valence electrons. The number of carbonyl (C=O) groups excluding carboxylic acids is 1. The number of hydrogen-bond donors (Lipinski definition) is 0. The van der Waals surface area contributed by atoms with Gasteiger partial charge < -0.3 is 4.74 Å². The van der Waals surface area contributed by atoms with Crippen LogP contribution in [0.15, 0.2) is 46.9 Å². The number of ketones is 1. The van der Waals surface area contributed by atoms with Gasteiger partial charge in [-0.05, 0) is 25.1 Å². The van der Waals surface area contributed by atoms with Gasteiger partial charge in [0.15, 0.2) is 5.78 Å². The van der Waals surface area contributed by atoms with E-state index in [1.165, 1.54) is 0 Å². The number of halogens is 1. The van der Waals surface area contributed by atoms with E-state index in [1.807, 2.05) is 49.4 Å². The Kier molecular flexibility index (Phi) is 4.38. The highest BCUT2D eigenvalue weighted by Crippen LogP contribution is 2.23. The van der Waals surface area contributed by atoms with E-state index in [1.54, 1.807) is 7.11 Å². The summed E-state index contributed by atoms with van der Waals surface area (Å²) in [6.45, 7) is 1.98. The van der Waals surface area contributed by atoms with Crippen molar-refractivity contribution in [2.24, 2.45) is 0 Å². The second kappa shape index (κ2) is 6.02. The normalized spacial score (nSPS) is 10.3. The minimum Gasteiger partial charge on any atom is -0.496 e. The van der Waals surface area contributed by atoms with Crippen LogP contribution >= 0.6 is 15.9 Å². The summed E-state index contributed by atoms with van der Waals surface area (Å²) in [7, 11) is 1.62. The third kappa shape index (κ3) is 3.24. The predicted octanol–water partition coefficient (Wildman–Crippen LogP) is 4.19. The maximum atomic E-state index is 12.4. The quantitative estimate of drug-likeness (QED) is 0.790. The highest BCUT2D eigenvalue weighted by atomic mass is 79.9. The lowest BCUT2D eigenvalue weighted by Crippen LogP contribution is -2.06. The zero-order valence-electron chi connectivity index (χ0n) is 10.9. The van der Waals surface area contributed by atoms with Crippen molar-refractivity contribution in [1.82, 2.24) is 0 Å². The number of Topliss-reactive ketones (excluding diaryl/α,β-unsaturated/α-hetero) is 1. The summed E-state index contributed by atoms with van der Waals surface area (Å²) in [6, 6.07) is 13.4. The minimum absolute atomic E-state index is 0.0834. The summed E-state index contributed by atoms with van der Waals surface area (Å²) >= 11 is 3.43. The molecular formula is C16H15BrO2. The second-order valence-electron chi connectivity index (χ2n) is 4.40. The van der Waals surface area contributed by atoms with Crippen molar-refractivity contribution >= 4 is 21.7 Å². The molecule has 2 aromatic carbocycles. The van der Waals surface area contributed by atoms with E-state index in [9.17, 15) is 4.79 Å². The number of methoxy groups -OCH3 is 1. The fraction of sp³-hybridized carbons (Fsp3) is 0.188. The molecule has 0 unspecified atom stereocenters. The number of hydrogen-bond acceptors (Lipinski definition) is 2. The first-order valence-electron chi connectivity index (χ1n) is 6.03. The van der Waals surface area contributed by atoms with Crippen LogP contribution in [-0.2, 0) is 6.42 Å². The van der Waals surface area contributed by atoms with Crippen LogP contribution in [0.5, 0.6) is 5.75 Å². The summed E-state index contributed by atoms with van der Waals surface area (Å²) in [5.41, 5.74) is 2.70. The first-order valence-corrected chi connectivity index (χ1v) is 6.82. The molecule has 0 saturated carbocycles. The molecule has 19 heavy (non-hydrogen) atoms. The van der Waals surface area contributed by atoms with Gasteiger partial charge in [-0.15, -0.1) is 0 Å². The van der Waals surface area contributed by atoms with Crippen LogP contribution in [0, 0.1) is 6.92 Å². The van der Waals surface area contributed by atoms with Crippen molar-refractivity contribution in [3.8, 4) is 5.75 Å². The smallest absolute Gasteiger partial charge is 0.168 e. The maximum absolute atomic E-state index is 12.4. The predicted molar refractivity (Wildman–Crippen MR) is 79.9 cm³/mol. The van der Waals surface area contributed by atoms with Gasteiger partial charge in [-0.25, -0.2) is 0 Å². The second-order valence-corrected chi connectivity index (χ2v) is 5.25. The summed E-state index contributed by atoms with van der Waals surface area (Å²) in [5.74, 6) is 0.833. The zero-order valence-corrected chi connectivity index (χ0v) is 12.5. The molecule has 0 saturated heterocycles. The molecule has 0 aliphatic rings. The summed E-state index contributed by atoms with van der Waals surface area (Å²) < 4.78 is 6.10. The molecule has 0 spiro atoms. The molecule has 0 N–H and O–H groups in total. The van der Waals surface area contributed by atoms with Crippen LogP contribution in [0.3, 0.4) is 0 Å². The Balaban J connectivity index is 2.28. The van der Waals surface area contributed by atoms with Crippen LogP contribution in [0.25, 0.3) is 0 Å². The molecule has 2 rings (SSSR count). The van der Waals surface area contributed by atoms with Crippen molar-refractivity contribution < 1.29 is 9.53 Å². The highest BCUT2D eigenvalue weighted by Gasteiger charge is 2.13. The standard InChI is InChI=1S/C16H15BrO2/c1-11-7-8-14(17)13(9-11)15(18)10-12-5-3-4-6-16(12)19-2/h3-9H,10H2,1-2H3. The molecule has 0 atom stereocenters. The number of rotatable bonds is 4. The number of para-hydroxylation sites is 1. The van der Waals surface area contributed by atoms with Crippen molar-refractivity contribution in [1.29, 1.82) is 0 Å². The van der Waals surface area contributed by atoms with Gasteiger partial charge in [-0.2, -0.15) is 0 Å². The van der Waals surface area contributed by atoms with Gasteiger partial charge in [0.2, 0.25) is 0 Å². The average Bonchev–Trinajstić information content (AvgIpc) is 2.42. The molecule has 2 nitrogen and oxygen atoms in total. The lowest BCUT2D eigenvalue weighted by Gasteiger charge is -2.09. The van der Waals surface area contributed by atoms with Crippen LogP contribution in [0.1, 0.15) is 21.5 Å². The summed E-state index contributed by atoms with van der Waals surface area (Å²) in [6.07, 6.45) is 0.339. The first-order chi connectivity index (χ1) is 9.11. The Hall–Kier alpha value is -1.61. The van der Waals surface area contributed by atoms with E-state index < -0.39 is 0 Å². The zero-order chi connectivity index (χ0) is 13.8. The van der Waals surface area contributed by atoms with Crippen molar-refractivity contribution in [3.63, 3.8) is 0 Å². The van der Waals surface area contributed by atoms with Crippen molar-refractivity contribution in [2.75, 3.05) is 7.11 Å². The lowest BCUT2D eigenvalue weighted by atomic mass is 10.0. The fourth-order valence-electron chi connectivity index (χ4n) is 1.97. The molecule has 0 aliphatic heterocycles. The van der Waals surface area contributed by atoms with Gasteiger partial charge in [0.25, 0.3) is 0 Å². The molecule has 0 bridgehead atoms. The first kappa shape index (κ1) is 13.8. The van der Waals surface area contributed by atoms with E-state index in [0.29, 0.717) is 12.0 Å². The van der Waals surface area contributed by atoms with E-state index in [2.05, 4.69) is 15.9 Å². The van der Waals surface area contributed by atoms with Gasteiger partial charge in [-0.3, -0.25) is 4.79 Å². The highest BCUT2D eigenvalue weighted by molar-refractivity contribution is 9.10. The van der Waals surface area contributed by atoms with Crippen LogP contribution in [0.4, 0.5) is 0 Å². The maximum Gasteiger partial charge on any atom is 0.168 e. The minimum atomic E-state index is 0.0834. The van der Waals surface area contributed by atoms with E-state index in [4.69, 9.17) is 4.74 Å². The third-order valence-corrected chi connectivity index (χ3v) is 3.66. The Bertz CT molecular complexity index is 605. The number of carbonyl (C=O) groups is 1. The third-order valence-electron chi connectivity index (χ3n) is 2.97. The Morgan fingerprint density at radius 1 is 1.21 bits per heavy atom. The van der Waals surface area contributed by atoms with E-state index in [0.717, 1.165) is 21.3 Å². The van der Waals surface area contributed by atoms with E-state index >= 15 is 0 Å². The van der Waals surface area contributed by atoms with Crippen LogP contribution in [-0.4, -0.2) is 12.9 Å². The van der Waals surface area contributed by atoms with Gasteiger partial charge >= 0.3 is 0 Å². The SMILES string of the molecule is COc1ccccc1CC(=O)c1cc(C)ccc1Br. The molecule has 2 aromatic rings. The van der Waals surface area contributed by atoms with Crippen molar-refractivity contribution in [3.05, 3.63) is 63.6 Å². The monoisotopic (exact) mass is 318 g/mol. The summed E-state index contributed by atoms with van der Waals surface area (Å²) in [5, 5.41) is 0. The van der Waals surface area contributed by atoms with Crippen LogP contribution < -0.4 is 4.74 Å². The van der Waals surface area contributed by atoms with Crippen molar-refractivity contribution in [2.45, 2.75) is 13.3 Å². The summed E-state index contributed by atoms with van der Waals surface area (Å²) in [4.78, 5) is 12.4. The Labute approximate surface area is 121 Å². The van der Waals surface area contributed by atoms with Gasteiger partial charge in [0, 0.05) is 22.0 Å². The van der Waals surface area contributed by atoms with Gasteiger partial charge in [0.1, 0.15) is 5.75 Å². The Morgan fingerprint density at radius 3 is 2.68 bits per heavy atom.